The van der Waals surface area contributed by atoms with Crippen LogP contribution < -0.4 is 4.90 Å². The summed E-state index contributed by atoms with van der Waals surface area (Å²) in [6.07, 6.45) is 4.40. The van der Waals surface area contributed by atoms with Gasteiger partial charge in [-0.25, -0.2) is 9.18 Å². The van der Waals surface area contributed by atoms with Crippen LogP contribution in [-0.2, 0) is 0 Å². The van der Waals surface area contributed by atoms with Gasteiger partial charge >= 0.3 is 5.97 Å². The van der Waals surface area contributed by atoms with Crippen molar-refractivity contribution < 1.29 is 14.3 Å². The highest BCUT2D eigenvalue weighted by Crippen LogP contribution is 2.25. The van der Waals surface area contributed by atoms with Crippen molar-refractivity contribution in [1.82, 2.24) is 0 Å². The second kappa shape index (κ2) is 5.17. The van der Waals surface area contributed by atoms with E-state index in [1.54, 1.807) is 12.1 Å². The molecule has 3 nitrogen and oxygen atoms in total. The van der Waals surface area contributed by atoms with Crippen LogP contribution in [0.1, 0.15) is 36.0 Å². The number of benzene rings is 1. The highest BCUT2D eigenvalue weighted by Gasteiger charge is 2.20. The molecule has 0 atom stereocenters. The summed E-state index contributed by atoms with van der Waals surface area (Å²) >= 11 is 0. The molecule has 1 aromatic carbocycles. The van der Waals surface area contributed by atoms with Crippen LogP contribution in [0.15, 0.2) is 18.2 Å². The number of hydrogen-bond donors (Lipinski definition) is 1. The van der Waals surface area contributed by atoms with E-state index in [0.717, 1.165) is 38.8 Å². The molecule has 0 radical (unpaired) electrons. The quantitative estimate of drug-likeness (QED) is 0.859. The second-order valence-electron chi connectivity index (χ2n) is 4.34. The van der Waals surface area contributed by atoms with Gasteiger partial charge in [0.2, 0.25) is 0 Å². The third kappa shape index (κ3) is 2.57. The van der Waals surface area contributed by atoms with Crippen LogP contribution in [0.2, 0.25) is 0 Å². The summed E-state index contributed by atoms with van der Waals surface area (Å²) in [7, 11) is 0. The third-order valence-electron chi connectivity index (χ3n) is 3.15. The molecular weight excluding hydrogens is 221 g/mol. The standard InChI is InChI=1S/C13H16FNO2/c14-10-6-5-7-11(12(10)13(16)17)15-8-3-1-2-4-9-15/h5-7H,1-4,8-9H2,(H,16,17). The Morgan fingerprint density at radius 2 is 1.82 bits per heavy atom. The fourth-order valence-corrected chi connectivity index (χ4v) is 2.30. The number of aromatic carboxylic acids is 1. The van der Waals surface area contributed by atoms with Gasteiger partial charge in [-0.1, -0.05) is 18.9 Å². The molecule has 92 valence electrons. The molecule has 0 spiro atoms. The Labute approximate surface area is 99.9 Å². The number of carboxylic acid groups (broad SMARTS) is 1. The van der Waals surface area contributed by atoms with E-state index in [4.69, 9.17) is 5.11 Å². The van der Waals surface area contributed by atoms with Gasteiger partial charge in [-0.05, 0) is 25.0 Å². The number of hydrogen-bond acceptors (Lipinski definition) is 2. The Bertz CT molecular complexity index is 412. The molecule has 17 heavy (non-hydrogen) atoms. The smallest absolute Gasteiger partial charge is 0.340 e. The number of carbonyl (C=O) groups is 1. The monoisotopic (exact) mass is 237 g/mol. The highest BCUT2D eigenvalue weighted by atomic mass is 19.1. The minimum Gasteiger partial charge on any atom is -0.478 e. The molecular formula is C13H16FNO2. The van der Waals surface area contributed by atoms with Gasteiger partial charge < -0.3 is 10.0 Å². The first-order valence-electron chi connectivity index (χ1n) is 5.97. The lowest BCUT2D eigenvalue weighted by molar-refractivity contribution is 0.0692. The van der Waals surface area contributed by atoms with Gasteiger partial charge in [-0.3, -0.25) is 0 Å². The molecule has 0 aromatic heterocycles. The molecule has 0 saturated carbocycles. The highest BCUT2D eigenvalue weighted by molar-refractivity contribution is 5.94. The first-order valence-corrected chi connectivity index (χ1v) is 5.97. The molecule has 1 N–H and O–H groups in total. The molecule has 1 aromatic rings. The van der Waals surface area contributed by atoms with Crippen molar-refractivity contribution in [1.29, 1.82) is 0 Å². The van der Waals surface area contributed by atoms with E-state index >= 15 is 0 Å². The summed E-state index contributed by atoms with van der Waals surface area (Å²) in [5.74, 6) is -1.85. The zero-order chi connectivity index (χ0) is 12.3. The number of carboxylic acids is 1. The summed E-state index contributed by atoms with van der Waals surface area (Å²) in [6, 6.07) is 4.46. The summed E-state index contributed by atoms with van der Waals surface area (Å²) in [5, 5.41) is 9.08. The molecule has 0 aliphatic carbocycles. The van der Waals surface area contributed by atoms with Gasteiger partial charge in [0, 0.05) is 13.1 Å². The summed E-state index contributed by atoms with van der Waals surface area (Å²) in [5.41, 5.74) is 0.314. The van der Waals surface area contributed by atoms with Crippen LogP contribution >= 0.6 is 0 Å². The van der Waals surface area contributed by atoms with E-state index in [9.17, 15) is 9.18 Å². The van der Waals surface area contributed by atoms with E-state index < -0.39 is 11.8 Å². The van der Waals surface area contributed by atoms with E-state index in [-0.39, 0.29) is 5.56 Å². The molecule has 1 saturated heterocycles. The van der Waals surface area contributed by atoms with Crippen LogP contribution in [-0.4, -0.2) is 24.2 Å². The number of nitrogens with zero attached hydrogens (tertiary/aromatic N) is 1. The van der Waals surface area contributed by atoms with E-state index in [1.165, 1.54) is 6.07 Å². The molecule has 0 bridgehead atoms. The van der Waals surface area contributed by atoms with Gasteiger partial charge in [-0.2, -0.15) is 0 Å². The summed E-state index contributed by atoms with van der Waals surface area (Å²) in [6.45, 7) is 1.62. The Hall–Kier alpha value is -1.58. The number of halogens is 1. The molecule has 2 rings (SSSR count). The number of rotatable bonds is 2. The van der Waals surface area contributed by atoms with Crippen molar-refractivity contribution in [2.24, 2.45) is 0 Å². The third-order valence-corrected chi connectivity index (χ3v) is 3.15. The molecule has 1 aliphatic heterocycles. The Balaban J connectivity index is 2.36. The van der Waals surface area contributed by atoms with Crippen LogP contribution in [0.3, 0.4) is 0 Å². The normalized spacial score (nSPS) is 16.6. The minimum absolute atomic E-state index is 0.200. The van der Waals surface area contributed by atoms with Crippen molar-refractivity contribution in [3.63, 3.8) is 0 Å². The van der Waals surface area contributed by atoms with Crippen molar-refractivity contribution in [2.45, 2.75) is 25.7 Å². The molecule has 1 fully saturated rings. The lowest BCUT2D eigenvalue weighted by Gasteiger charge is -2.24. The van der Waals surface area contributed by atoms with E-state index in [0.29, 0.717) is 5.69 Å². The lowest BCUT2D eigenvalue weighted by Crippen LogP contribution is -2.26. The maximum Gasteiger partial charge on any atom is 0.340 e. The second-order valence-corrected chi connectivity index (χ2v) is 4.34. The zero-order valence-corrected chi connectivity index (χ0v) is 9.66. The molecule has 0 unspecified atom stereocenters. The topological polar surface area (TPSA) is 40.5 Å². The van der Waals surface area contributed by atoms with E-state index in [1.807, 2.05) is 4.90 Å². The van der Waals surface area contributed by atoms with Gasteiger partial charge in [0.05, 0.1) is 5.69 Å². The molecule has 1 heterocycles. The maximum absolute atomic E-state index is 13.5. The van der Waals surface area contributed by atoms with Crippen molar-refractivity contribution in [3.05, 3.63) is 29.6 Å². The van der Waals surface area contributed by atoms with Crippen molar-refractivity contribution in [2.75, 3.05) is 18.0 Å². The predicted molar refractivity (Wildman–Crippen MR) is 64.0 cm³/mol. The lowest BCUT2D eigenvalue weighted by atomic mass is 10.1. The largest absolute Gasteiger partial charge is 0.478 e. The van der Waals surface area contributed by atoms with Crippen LogP contribution in [0.4, 0.5) is 10.1 Å². The van der Waals surface area contributed by atoms with Crippen LogP contribution in [0.5, 0.6) is 0 Å². The van der Waals surface area contributed by atoms with Crippen molar-refractivity contribution in [3.8, 4) is 0 Å². The Morgan fingerprint density at radius 3 is 2.41 bits per heavy atom. The molecule has 4 heteroatoms. The average molecular weight is 237 g/mol. The number of anilines is 1. The van der Waals surface area contributed by atoms with Gasteiger partial charge in [0.25, 0.3) is 0 Å². The first kappa shape index (κ1) is 11.9. The van der Waals surface area contributed by atoms with Gasteiger partial charge in [-0.15, -0.1) is 0 Å². The minimum atomic E-state index is -1.19. The molecule has 0 amide bonds. The average Bonchev–Trinajstić information content (AvgIpc) is 2.56. The fraction of sp³-hybridized carbons (Fsp3) is 0.462. The zero-order valence-electron chi connectivity index (χ0n) is 9.66. The molecule has 1 aliphatic rings. The van der Waals surface area contributed by atoms with Gasteiger partial charge in [0.1, 0.15) is 11.4 Å². The maximum atomic E-state index is 13.5. The first-order chi connectivity index (χ1) is 8.20. The van der Waals surface area contributed by atoms with Crippen molar-refractivity contribution >= 4 is 11.7 Å². The van der Waals surface area contributed by atoms with Crippen LogP contribution in [0, 0.1) is 5.82 Å². The van der Waals surface area contributed by atoms with Crippen LogP contribution in [0.25, 0.3) is 0 Å². The Morgan fingerprint density at radius 1 is 1.18 bits per heavy atom. The fourth-order valence-electron chi connectivity index (χ4n) is 2.30. The van der Waals surface area contributed by atoms with Gasteiger partial charge in [0.15, 0.2) is 0 Å². The van der Waals surface area contributed by atoms with E-state index in [2.05, 4.69) is 0 Å². The predicted octanol–water partition coefficient (Wildman–Crippen LogP) is 2.90. The SMILES string of the molecule is O=C(O)c1c(F)cccc1N1CCCCCC1. The summed E-state index contributed by atoms with van der Waals surface area (Å²) < 4.78 is 13.5. The Kier molecular flexibility index (Phi) is 3.61. The summed E-state index contributed by atoms with van der Waals surface area (Å²) in [4.78, 5) is 13.1.